The lowest BCUT2D eigenvalue weighted by Crippen LogP contribution is -2.83. The minimum Gasteiger partial charge on any atom is -0.491 e. The van der Waals surface area contributed by atoms with Gasteiger partial charge in [-0.3, -0.25) is 0 Å². The zero-order valence-corrected chi connectivity index (χ0v) is 17.3. The average molecular weight is 375 g/mol. The van der Waals surface area contributed by atoms with Crippen LogP contribution in [0, 0.1) is 0 Å². The lowest BCUT2D eigenvalue weighted by atomic mass is 9.74. The lowest BCUT2D eigenvalue weighted by molar-refractivity contribution is -0.671. The fourth-order valence-corrected chi connectivity index (χ4v) is 3.70. The Bertz CT molecular complexity index is 786. The number of hydrogen-bond acceptors (Lipinski definition) is 1. The van der Waals surface area contributed by atoms with Gasteiger partial charge in [-0.05, 0) is 49.2 Å². The topological polar surface area (TPSA) is 25.8 Å². The van der Waals surface area contributed by atoms with Crippen LogP contribution < -0.4 is 10.1 Å². The van der Waals surface area contributed by atoms with Gasteiger partial charge in [-0.25, -0.2) is 0 Å². The molecule has 0 aromatic heterocycles. The van der Waals surface area contributed by atoms with Crippen LogP contribution in [0.25, 0.3) is 0 Å². The first kappa shape index (κ1) is 20.2. The van der Waals surface area contributed by atoms with E-state index in [9.17, 15) is 0 Å². The molecule has 0 spiro atoms. The monoisotopic (exact) mass is 374 g/mol. The van der Waals surface area contributed by atoms with E-state index in [0.717, 1.165) is 25.3 Å². The molecule has 3 aromatic rings. The third-order valence-corrected chi connectivity index (χ3v) is 5.35. The van der Waals surface area contributed by atoms with Crippen LogP contribution in [0.15, 0.2) is 84.9 Å². The van der Waals surface area contributed by atoms with Gasteiger partial charge in [0.25, 0.3) is 0 Å². The van der Waals surface area contributed by atoms with Crippen molar-refractivity contribution in [3.63, 3.8) is 0 Å². The van der Waals surface area contributed by atoms with Crippen molar-refractivity contribution in [2.24, 2.45) is 0 Å². The summed E-state index contributed by atoms with van der Waals surface area (Å²) in [4.78, 5) is 0. The molecule has 2 nitrogen and oxygen atoms in total. The van der Waals surface area contributed by atoms with Crippen molar-refractivity contribution in [2.75, 3.05) is 6.54 Å². The smallest absolute Gasteiger partial charge is 0.119 e. The summed E-state index contributed by atoms with van der Waals surface area (Å²) in [6.07, 6.45) is 1.31. The Labute approximate surface area is 169 Å². The average Bonchev–Trinajstić information content (AvgIpc) is 2.73. The largest absolute Gasteiger partial charge is 0.491 e. The second-order valence-corrected chi connectivity index (χ2v) is 7.91. The number of rotatable bonds is 9. The Hall–Kier alpha value is -2.58. The van der Waals surface area contributed by atoms with Crippen LogP contribution >= 0.6 is 0 Å². The molecule has 0 amide bonds. The van der Waals surface area contributed by atoms with Crippen LogP contribution in [0.5, 0.6) is 5.75 Å². The van der Waals surface area contributed by atoms with E-state index in [4.69, 9.17) is 4.74 Å². The highest BCUT2D eigenvalue weighted by molar-refractivity contribution is 5.38. The van der Waals surface area contributed by atoms with Crippen molar-refractivity contribution in [1.82, 2.24) is 0 Å². The lowest BCUT2D eigenvalue weighted by Gasteiger charge is -2.30. The summed E-state index contributed by atoms with van der Waals surface area (Å²) in [6.45, 7) is 8.53. The third-order valence-electron chi connectivity index (χ3n) is 5.35. The molecular formula is C26H32NO+. The number of quaternary nitrogens is 1. The molecule has 0 saturated heterocycles. The van der Waals surface area contributed by atoms with Gasteiger partial charge >= 0.3 is 0 Å². The number of ether oxygens (including phenoxy) is 1. The van der Waals surface area contributed by atoms with Crippen molar-refractivity contribution >= 4 is 0 Å². The van der Waals surface area contributed by atoms with Gasteiger partial charge in [0, 0.05) is 17.4 Å². The Morgan fingerprint density at radius 2 is 1.32 bits per heavy atom. The van der Waals surface area contributed by atoms with E-state index in [0.29, 0.717) is 0 Å². The van der Waals surface area contributed by atoms with Crippen molar-refractivity contribution < 1.29 is 10.1 Å². The molecular weight excluding hydrogens is 342 g/mol. The third kappa shape index (κ3) is 5.24. The molecule has 0 unspecified atom stereocenters. The van der Waals surface area contributed by atoms with Crippen LogP contribution in [0.1, 0.15) is 43.9 Å². The Morgan fingerprint density at radius 1 is 0.786 bits per heavy atom. The van der Waals surface area contributed by atoms with Gasteiger partial charge < -0.3 is 10.1 Å². The molecule has 0 saturated carbocycles. The van der Waals surface area contributed by atoms with Gasteiger partial charge in [0.1, 0.15) is 12.3 Å². The summed E-state index contributed by atoms with van der Waals surface area (Å²) in [5.74, 6) is 0.944. The molecule has 146 valence electrons. The standard InChI is InChI=1S/C26H31NO/c1-21(2)28-25-16-14-22(15-17-25)20-27-19-18-26(3,23-10-6-4-7-11-23)24-12-8-5-9-13-24/h4-17,21,27H,18-20H2,1-3H3/p+1. The highest BCUT2D eigenvalue weighted by atomic mass is 16.5. The molecule has 0 aliphatic carbocycles. The predicted molar refractivity (Wildman–Crippen MR) is 117 cm³/mol. The van der Waals surface area contributed by atoms with Gasteiger partial charge in [0.05, 0.1) is 12.6 Å². The van der Waals surface area contributed by atoms with Gasteiger partial charge in [-0.1, -0.05) is 67.6 Å². The molecule has 3 aromatic carbocycles. The van der Waals surface area contributed by atoms with Gasteiger partial charge in [0.2, 0.25) is 0 Å². The quantitative estimate of drug-likeness (QED) is 0.528. The zero-order chi connectivity index (χ0) is 19.8. The van der Waals surface area contributed by atoms with Crippen molar-refractivity contribution in [2.45, 2.75) is 45.3 Å². The maximum atomic E-state index is 5.73. The number of nitrogens with two attached hydrogens (primary N) is 1. The SMILES string of the molecule is CC(C)Oc1ccc(C[NH2+]CCC(C)(c2ccccc2)c2ccccc2)cc1. The van der Waals surface area contributed by atoms with E-state index in [2.05, 4.69) is 111 Å². The summed E-state index contributed by atoms with van der Waals surface area (Å²) >= 11 is 0. The molecule has 28 heavy (non-hydrogen) atoms. The number of hydrogen-bond donors (Lipinski definition) is 1. The maximum Gasteiger partial charge on any atom is 0.119 e. The van der Waals surface area contributed by atoms with Crippen molar-refractivity contribution in [3.05, 3.63) is 102 Å². The van der Waals surface area contributed by atoms with Gasteiger partial charge in [-0.15, -0.1) is 0 Å². The summed E-state index contributed by atoms with van der Waals surface area (Å²) in [5.41, 5.74) is 4.11. The summed E-state index contributed by atoms with van der Waals surface area (Å²) in [7, 11) is 0. The van der Waals surface area contributed by atoms with Crippen LogP contribution in [0.3, 0.4) is 0 Å². The summed E-state index contributed by atoms with van der Waals surface area (Å²) in [6, 6.07) is 30.2. The Balaban J connectivity index is 1.62. The van der Waals surface area contributed by atoms with E-state index < -0.39 is 0 Å². The minimum absolute atomic E-state index is 0.0218. The van der Waals surface area contributed by atoms with Gasteiger partial charge in [0.15, 0.2) is 0 Å². The molecule has 0 aliphatic heterocycles. The molecule has 2 heteroatoms. The molecule has 0 atom stereocenters. The molecule has 0 heterocycles. The van der Waals surface area contributed by atoms with E-state index >= 15 is 0 Å². The van der Waals surface area contributed by atoms with Crippen molar-refractivity contribution in [3.8, 4) is 5.75 Å². The first-order chi connectivity index (χ1) is 13.6. The molecule has 0 aliphatic rings. The molecule has 2 N–H and O–H groups in total. The highest BCUT2D eigenvalue weighted by Gasteiger charge is 2.28. The van der Waals surface area contributed by atoms with Crippen LogP contribution in [0.2, 0.25) is 0 Å². The second-order valence-electron chi connectivity index (χ2n) is 7.91. The van der Waals surface area contributed by atoms with Gasteiger partial charge in [-0.2, -0.15) is 0 Å². The van der Waals surface area contributed by atoms with E-state index in [-0.39, 0.29) is 11.5 Å². The van der Waals surface area contributed by atoms with Crippen molar-refractivity contribution in [1.29, 1.82) is 0 Å². The molecule has 3 rings (SSSR count). The normalized spacial score (nSPS) is 11.6. The van der Waals surface area contributed by atoms with Crippen LogP contribution in [-0.4, -0.2) is 12.6 Å². The summed E-state index contributed by atoms with van der Waals surface area (Å²) < 4.78 is 5.73. The van der Waals surface area contributed by atoms with E-state index in [1.165, 1.54) is 16.7 Å². The van der Waals surface area contributed by atoms with Crippen LogP contribution in [-0.2, 0) is 12.0 Å². The predicted octanol–water partition coefficient (Wildman–Crippen LogP) is 4.93. The Kier molecular flexibility index (Phi) is 6.89. The summed E-state index contributed by atoms with van der Waals surface area (Å²) in [5, 5.41) is 2.41. The number of benzene rings is 3. The minimum atomic E-state index is 0.0218. The fourth-order valence-electron chi connectivity index (χ4n) is 3.70. The maximum absolute atomic E-state index is 5.73. The zero-order valence-electron chi connectivity index (χ0n) is 17.3. The Morgan fingerprint density at radius 3 is 1.82 bits per heavy atom. The first-order valence-corrected chi connectivity index (χ1v) is 10.3. The van der Waals surface area contributed by atoms with E-state index in [1.54, 1.807) is 0 Å². The van der Waals surface area contributed by atoms with Crippen LogP contribution in [0.4, 0.5) is 0 Å². The van der Waals surface area contributed by atoms with E-state index in [1.807, 2.05) is 0 Å². The fraction of sp³-hybridized carbons (Fsp3) is 0.308. The second kappa shape index (κ2) is 9.57. The molecule has 0 fully saturated rings. The first-order valence-electron chi connectivity index (χ1n) is 10.3. The molecule has 0 radical (unpaired) electrons. The molecule has 0 bridgehead atoms. The highest BCUT2D eigenvalue weighted by Crippen LogP contribution is 2.34.